The second-order valence-corrected chi connectivity index (χ2v) is 3.09. The van der Waals surface area contributed by atoms with Crippen LogP contribution in [-0.2, 0) is 0 Å². The van der Waals surface area contributed by atoms with Gasteiger partial charge >= 0.3 is 0 Å². The fourth-order valence-corrected chi connectivity index (χ4v) is 1.16. The van der Waals surface area contributed by atoms with Crippen molar-refractivity contribution in [1.29, 1.82) is 0 Å². The smallest absolute Gasteiger partial charge is 0.119 e. The molecule has 0 fully saturated rings. The van der Waals surface area contributed by atoms with E-state index < -0.39 is 0 Å². The lowest BCUT2D eigenvalue weighted by atomic mass is 10.0. The van der Waals surface area contributed by atoms with Gasteiger partial charge in [0.2, 0.25) is 0 Å². The molecule has 1 aromatic carbocycles. The van der Waals surface area contributed by atoms with E-state index in [9.17, 15) is 0 Å². The molecule has 72 valence electrons. The summed E-state index contributed by atoms with van der Waals surface area (Å²) in [4.78, 5) is 0. The van der Waals surface area contributed by atoms with Gasteiger partial charge in [-0.05, 0) is 24.6 Å². The van der Waals surface area contributed by atoms with Gasteiger partial charge < -0.3 is 9.84 Å². The Morgan fingerprint density at radius 2 is 1.92 bits per heavy atom. The summed E-state index contributed by atoms with van der Waals surface area (Å²) in [5.41, 5.74) is 1.14. The highest BCUT2D eigenvalue weighted by atomic mass is 16.5. The molecule has 0 aliphatic carbocycles. The number of hydrogen-bond donors (Lipinski definition) is 1. The van der Waals surface area contributed by atoms with Crippen LogP contribution in [0.1, 0.15) is 25.3 Å². The van der Waals surface area contributed by atoms with Crippen LogP contribution in [0.3, 0.4) is 0 Å². The molecular formula is C11H16O2. The van der Waals surface area contributed by atoms with Gasteiger partial charge in [0.15, 0.2) is 0 Å². The van der Waals surface area contributed by atoms with Crippen molar-refractivity contribution in [2.45, 2.75) is 19.8 Å². The van der Waals surface area contributed by atoms with E-state index in [-0.39, 0.29) is 12.5 Å². The number of rotatable bonds is 4. The molecule has 2 nitrogen and oxygen atoms in total. The maximum atomic E-state index is 8.93. The van der Waals surface area contributed by atoms with Gasteiger partial charge in [0.25, 0.3) is 0 Å². The zero-order valence-electron chi connectivity index (χ0n) is 8.16. The first-order valence-electron chi connectivity index (χ1n) is 4.61. The lowest BCUT2D eigenvalue weighted by molar-refractivity contribution is 0.273. The quantitative estimate of drug-likeness (QED) is 0.769. The molecule has 0 aliphatic heterocycles. The number of benzene rings is 1. The summed E-state index contributed by atoms with van der Waals surface area (Å²) < 4.78 is 5.31. The topological polar surface area (TPSA) is 29.5 Å². The molecule has 1 N–H and O–H groups in total. The molecule has 0 heterocycles. The maximum absolute atomic E-state index is 8.93. The summed E-state index contributed by atoms with van der Waals surface area (Å²) in [6.45, 7) is 4.84. The second-order valence-electron chi connectivity index (χ2n) is 3.09. The predicted molar refractivity (Wildman–Crippen MR) is 53.1 cm³/mol. The standard InChI is InChI=1S/C11H16O2/c1-3-13-11-6-4-10(5-7-11)9(2)8-12/h4-7,9,12H,3,8H2,1-2H3/t9-/m0/s1. The molecule has 0 aliphatic rings. The Bertz CT molecular complexity index is 241. The lowest BCUT2D eigenvalue weighted by Crippen LogP contribution is -1.98. The Morgan fingerprint density at radius 1 is 1.31 bits per heavy atom. The van der Waals surface area contributed by atoms with Gasteiger partial charge in [-0.3, -0.25) is 0 Å². The molecule has 1 rings (SSSR count). The van der Waals surface area contributed by atoms with Gasteiger partial charge in [0.05, 0.1) is 6.61 Å². The summed E-state index contributed by atoms with van der Waals surface area (Å²) in [6.07, 6.45) is 0. The van der Waals surface area contributed by atoms with Gasteiger partial charge in [-0.25, -0.2) is 0 Å². The summed E-state index contributed by atoms with van der Waals surface area (Å²) in [5, 5.41) is 8.93. The van der Waals surface area contributed by atoms with Crippen molar-refractivity contribution >= 4 is 0 Å². The third-order valence-electron chi connectivity index (χ3n) is 2.03. The third kappa shape index (κ3) is 2.74. The Hall–Kier alpha value is -1.02. The number of aliphatic hydroxyl groups is 1. The van der Waals surface area contributed by atoms with E-state index in [0.717, 1.165) is 11.3 Å². The Kier molecular flexibility index (Phi) is 3.77. The van der Waals surface area contributed by atoms with Crippen LogP contribution in [0.4, 0.5) is 0 Å². The molecule has 1 atom stereocenters. The van der Waals surface area contributed by atoms with Crippen molar-refractivity contribution in [2.24, 2.45) is 0 Å². The molecular weight excluding hydrogens is 164 g/mol. The van der Waals surface area contributed by atoms with Crippen molar-refractivity contribution in [1.82, 2.24) is 0 Å². The fourth-order valence-electron chi connectivity index (χ4n) is 1.16. The van der Waals surface area contributed by atoms with Crippen molar-refractivity contribution in [3.05, 3.63) is 29.8 Å². The molecule has 0 spiro atoms. The lowest BCUT2D eigenvalue weighted by Gasteiger charge is -2.09. The van der Waals surface area contributed by atoms with E-state index in [1.165, 1.54) is 0 Å². The average molecular weight is 180 g/mol. The van der Waals surface area contributed by atoms with Crippen LogP contribution in [-0.4, -0.2) is 18.3 Å². The van der Waals surface area contributed by atoms with Crippen LogP contribution in [0.25, 0.3) is 0 Å². The highest BCUT2D eigenvalue weighted by Gasteiger charge is 2.02. The fraction of sp³-hybridized carbons (Fsp3) is 0.455. The van der Waals surface area contributed by atoms with Crippen LogP contribution in [0.5, 0.6) is 5.75 Å². The van der Waals surface area contributed by atoms with E-state index in [1.807, 2.05) is 38.1 Å². The van der Waals surface area contributed by atoms with Crippen LogP contribution < -0.4 is 4.74 Å². The minimum atomic E-state index is 0.188. The molecule has 0 saturated heterocycles. The number of hydrogen-bond acceptors (Lipinski definition) is 2. The molecule has 0 saturated carbocycles. The second kappa shape index (κ2) is 4.87. The number of aliphatic hydroxyl groups excluding tert-OH is 1. The highest BCUT2D eigenvalue weighted by molar-refractivity contribution is 5.29. The van der Waals surface area contributed by atoms with E-state index in [4.69, 9.17) is 9.84 Å². The molecule has 0 bridgehead atoms. The first-order valence-corrected chi connectivity index (χ1v) is 4.61. The minimum Gasteiger partial charge on any atom is -0.494 e. The Balaban J connectivity index is 2.69. The van der Waals surface area contributed by atoms with Gasteiger partial charge in [-0.2, -0.15) is 0 Å². The molecule has 0 unspecified atom stereocenters. The molecule has 0 radical (unpaired) electrons. The van der Waals surface area contributed by atoms with Crippen molar-refractivity contribution < 1.29 is 9.84 Å². The summed E-state index contributed by atoms with van der Waals surface area (Å²) in [6, 6.07) is 7.85. The van der Waals surface area contributed by atoms with E-state index in [0.29, 0.717) is 6.61 Å². The van der Waals surface area contributed by atoms with Crippen LogP contribution in [0.15, 0.2) is 24.3 Å². The Labute approximate surface area is 79.2 Å². The number of ether oxygens (including phenoxy) is 1. The van der Waals surface area contributed by atoms with Gasteiger partial charge in [-0.15, -0.1) is 0 Å². The molecule has 0 amide bonds. The van der Waals surface area contributed by atoms with Gasteiger partial charge in [-0.1, -0.05) is 19.1 Å². The zero-order valence-corrected chi connectivity index (χ0v) is 8.16. The van der Waals surface area contributed by atoms with Crippen LogP contribution in [0, 0.1) is 0 Å². The van der Waals surface area contributed by atoms with Crippen LogP contribution >= 0.6 is 0 Å². The Morgan fingerprint density at radius 3 is 2.38 bits per heavy atom. The van der Waals surface area contributed by atoms with Crippen molar-refractivity contribution in [3.8, 4) is 5.75 Å². The largest absolute Gasteiger partial charge is 0.494 e. The molecule has 0 aromatic heterocycles. The van der Waals surface area contributed by atoms with E-state index in [2.05, 4.69) is 0 Å². The zero-order chi connectivity index (χ0) is 9.68. The summed E-state index contributed by atoms with van der Waals surface area (Å²) in [5.74, 6) is 1.09. The SMILES string of the molecule is CCOc1ccc([C@@H](C)CO)cc1. The van der Waals surface area contributed by atoms with Crippen molar-refractivity contribution in [3.63, 3.8) is 0 Å². The monoisotopic (exact) mass is 180 g/mol. The third-order valence-corrected chi connectivity index (χ3v) is 2.03. The molecule has 1 aromatic rings. The maximum Gasteiger partial charge on any atom is 0.119 e. The summed E-state index contributed by atoms with van der Waals surface area (Å²) in [7, 11) is 0. The van der Waals surface area contributed by atoms with Crippen molar-refractivity contribution in [2.75, 3.05) is 13.2 Å². The van der Waals surface area contributed by atoms with E-state index >= 15 is 0 Å². The van der Waals surface area contributed by atoms with Crippen LogP contribution in [0.2, 0.25) is 0 Å². The van der Waals surface area contributed by atoms with E-state index in [1.54, 1.807) is 0 Å². The first kappa shape index (κ1) is 10.1. The molecule has 13 heavy (non-hydrogen) atoms. The first-order chi connectivity index (χ1) is 6.27. The summed E-state index contributed by atoms with van der Waals surface area (Å²) >= 11 is 0. The van der Waals surface area contributed by atoms with Gasteiger partial charge in [0.1, 0.15) is 5.75 Å². The predicted octanol–water partition coefficient (Wildman–Crippen LogP) is 2.18. The highest BCUT2D eigenvalue weighted by Crippen LogP contribution is 2.18. The molecule has 2 heteroatoms. The normalized spacial score (nSPS) is 12.5. The van der Waals surface area contributed by atoms with Gasteiger partial charge in [0, 0.05) is 12.5 Å². The average Bonchev–Trinajstić information content (AvgIpc) is 2.18. The minimum absolute atomic E-state index is 0.188.